The van der Waals surface area contributed by atoms with Gasteiger partial charge in [-0.3, -0.25) is 4.98 Å². The molecular weight excluding hydrogens is 283 g/mol. The van der Waals surface area contributed by atoms with Gasteiger partial charge in [0.05, 0.1) is 24.3 Å². The van der Waals surface area contributed by atoms with Crippen LogP contribution in [-0.2, 0) is 6.42 Å². The second kappa shape index (κ2) is 6.54. The molecule has 0 unspecified atom stereocenters. The summed E-state index contributed by atoms with van der Waals surface area (Å²) in [6.07, 6.45) is 3.90. The summed E-state index contributed by atoms with van der Waals surface area (Å²) in [4.78, 5) is 10.8. The van der Waals surface area contributed by atoms with Crippen molar-refractivity contribution in [2.75, 3.05) is 26.7 Å². The highest BCUT2D eigenvalue weighted by molar-refractivity contribution is 5.78. The molecule has 1 aliphatic heterocycles. The molecule has 0 spiro atoms. The lowest BCUT2D eigenvalue weighted by Gasteiger charge is -2.30. The molecule has 0 radical (unpaired) electrons. The summed E-state index contributed by atoms with van der Waals surface area (Å²) in [5.41, 5.74) is 7.81. The van der Waals surface area contributed by atoms with E-state index in [2.05, 4.69) is 14.9 Å². The van der Waals surface area contributed by atoms with Crippen LogP contribution in [0, 0.1) is 5.82 Å². The van der Waals surface area contributed by atoms with Gasteiger partial charge in [0, 0.05) is 24.2 Å². The van der Waals surface area contributed by atoms with E-state index in [1.165, 1.54) is 6.20 Å². The number of fused-ring (bicyclic) bond motifs is 1. The minimum atomic E-state index is -0.304. The average Bonchev–Trinajstić information content (AvgIpc) is 2.55. The van der Waals surface area contributed by atoms with Crippen LogP contribution in [0.2, 0.25) is 0 Å². The highest BCUT2D eigenvalue weighted by atomic mass is 19.1. The molecule has 22 heavy (non-hydrogen) atoms. The van der Waals surface area contributed by atoms with Crippen molar-refractivity contribution in [3.63, 3.8) is 0 Å². The molecule has 5 nitrogen and oxygen atoms in total. The predicted octanol–water partition coefficient (Wildman–Crippen LogP) is 1.74. The SMILES string of the molecule is COc1ccc2ncc(F)c(CCN3CCC(N)CC3)c2n1. The Hall–Kier alpha value is -1.79. The van der Waals surface area contributed by atoms with Crippen LogP contribution < -0.4 is 10.5 Å². The van der Waals surface area contributed by atoms with E-state index in [1.54, 1.807) is 13.2 Å². The Kier molecular flexibility index (Phi) is 4.49. The van der Waals surface area contributed by atoms with Gasteiger partial charge in [-0.05, 0) is 38.4 Å². The first-order chi connectivity index (χ1) is 10.7. The normalized spacial score (nSPS) is 17.0. The van der Waals surface area contributed by atoms with Gasteiger partial charge in [0.25, 0.3) is 0 Å². The highest BCUT2D eigenvalue weighted by Gasteiger charge is 2.17. The maximum Gasteiger partial charge on any atom is 0.213 e. The number of nitrogens with zero attached hydrogens (tertiary/aromatic N) is 3. The zero-order chi connectivity index (χ0) is 15.5. The van der Waals surface area contributed by atoms with E-state index in [0.29, 0.717) is 34.9 Å². The monoisotopic (exact) mass is 304 g/mol. The first kappa shape index (κ1) is 15.1. The van der Waals surface area contributed by atoms with Gasteiger partial charge in [0.15, 0.2) is 0 Å². The molecule has 0 aromatic carbocycles. The third-order valence-corrected chi connectivity index (χ3v) is 4.26. The first-order valence-corrected chi connectivity index (χ1v) is 7.63. The number of ether oxygens (including phenoxy) is 1. The van der Waals surface area contributed by atoms with E-state index in [-0.39, 0.29) is 5.82 Å². The van der Waals surface area contributed by atoms with Crippen LogP contribution in [0.25, 0.3) is 11.0 Å². The van der Waals surface area contributed by atoms with Crippen molar-refractivity contribution in [2.45, 2.75) is 25.3 Å². The fourth-order valence-corrected chi connectivity index (χ4v) is 2.88. The van der Waals surface area contributed by atoms with Crippen LogP contribution in [-0.4, -0.2) is 47.7 Å². The van der Waals surface area contributed by atoms with Crippen molar-refractivity contribution in [1.82, 2.24) is 14.9 Å². The van der Waals surface area contributed by atoms with Crippen molar-refractivity contribution in [2.24, 2.45) is 5.73 Å². The number of piperidine rings is 1. The second-order valence-corrected chi connectivity index (χ2v) is 5.74. The molecule has 0 atom stereocenters. The van der Waals surface area contributed by atoms with Gasteiger partial charge in [-0.15, -0.1) is 0 Å². The molecule has 0 saturated carbocycles. The van der Waals surface area contributed by atoms with E-state index < -0.39 is 0 Å². The van der Waals surface area contributed by atoms with E-state index in [4.69, 9.17) is 10.5 Å². The van der Waals surface area contributed by atoms with Gasteiger partial charge in [0.1, 0.15) is 5.82 Å². The minimum absolute atomic E-state index is 0.304. The smallest absolute Gasteiger partial charge is 0.213 e. The van der Waals surface area contributed by atoms with E-state index in [0.717, 1.165) is 32.5 Å². The molecule has 1 saturated heterocycles. The Balaban J connectivity index is 1.81. The third kappa shape index (κ3) is 3.18. The maximum absolute atomic E-state index is 14.2. The summed E-state index contributed by atoms with van der Waals surface area (Å²) in [7, 11) is 1.55. The number of likely N-dealkylation sites (tertiary alicyclic amines) is 1. The number of pyridine rings is 2. The lowest BCUT2D eigenvalue weighted by atomic mass is 10.0. The summed E-state index contributed by atoms with van der Waals surface area (Å²) in [5, 5.41) is 0. The van der Waals surface area contributed by atoms with Crippen LogP contribution >= 0.6 is 0 Å². The standard InChI is InChI=1S/C16H21FN4O/c1-22-15-3-2-14-16(20-15)12(13(17)10-19-14)6-9-21-7-4-11(18)5-8-21/h2-3,10-11H,4-9,18H2,1H3. The molecule has 2 aromatic heterocycles. The second-order valence-electron chi connectivity index (χ2n) is 5.74. The number of aromatic nitrogens is 2. The van der Waals surface area contributed by atoms with Crippen LogP contribution in [0.15, 0.2) is 18.3 Å². The molecule has 1 aliphatic rings. The number of methoxy groups -OCH3 is 1. The van der Waals surface area contributed by atoms with E-state index in [9.17, 15) is 4.39 Å². The van der Waals surface area contributed by atoms with Crippen molar-refractivity contribution in [3.05, 3.63) is 29.7 Å². The van der Waals surface area contributed by atoms with Gasteiger partial charge in [0.2, 0.25) is 5.88 Å². The molecule has 1 fully saturated rings. The van der Waals surface area contributed by atoms with Crippen LogP contribution in [0.1, 0.15) is 18.4 Å². The van der Waals surface area contributed by atoms with Crippen LogP contribution in [0.5, 0.6) is 5.88 Å². The van der Waals surface area contributed by atoms with Crippen LogP contribution in [0.4, 0.5) is 4.39 Å². The average molecular weight is 304 g/mol. The minimum Gasteiger partial charge on any atom is -0.481 e. The van der Waals surface area contributed by atoms with Gasteiger partial charge < -0.3 is 15.4 Å². The molecule has 2 N–H and O–H groups in total. The van der Waals surface area contributed by atoms with Gasteiger partial charge in [-0.25, -0.2) is 9.37 Å². The lowest BCUT2D eigenvalue weighted by molar-refractivity contribution is 0.215. The topological polar surface area (TPSA) is 64.3 Å². The van der Waals surface area contributed by atoms with Gasteiger partial charge in [-0.2, -0.15) is 0 Å². The zero-order valence-corrected chi connectivity index (χ0v) is 12.8. The molecule has 3 rings (SSSR count). The number of nitrogens with two attached hydrogens (primary N) is 1. The van der Waals surface area contributed by atoms with Crippen molar-refractivity contribution in [3.8, 4) is 5.88 Å². The number of hydrogen-bond donors (Lipinski definition) is 1. The van der Waals surface area contributed by atoms with Crippen molar-refractivity contribution < 1.29 is 9.13 Å². The number of hydrogen-bond acceptors (Lipinski definition) is 5. The third-order valence-electron chi connectivity index (χ3n) is 4.26. The Morgan fingerprint density at radius 3 is 2.86 bits per heavy atom. The van der Waals surface area contributed by atoms with Gasteiger partial charge >= 0.3 is 0 Å². The number of rotatable bonds is 4. The summed E-state index contributed by atoms with van der Waals surface area (Å²) in [6.45, 7) is 2.76. The summed E-state index contributed by atoms with van der Waals surface area (Å²) < 4.78 is 19.3. The quantitative estimate of drug-likeness (QED) is 0.932. The summed E-state index contributed by atoms with van der Waals surface area (Å²) in [6, 6.07) is 3.85. The molecule has 0 aliphatic carbocycles. The molecule has 2 aromatic rings. The molecule has 6 heteroatoms. The molecule has 3 heterocycles. The number of halogens is 1. The van der Waals surface area contributed by atoms with Gasteiger partial charge in [-0.1, -0.05) is 0 Å². The lowest BCUT2D eigenvalue weighted by Crippen LogP contribution is -2.40. The Morgan fingerprint density at radius 2 is 2.14 bits per heavy atom. The van der Waals surface area contributed by atoms with E-state index >= 15 is 0 Å². The summed E-state index contributed by atoms with van der Waals surface area (Å²) in [5.74, 6) is 0.173. The van der Waals surface area contributed by atoms with Crippen LogP contribution in [0.3, 0.4) is 0 Å². The molecule has 0 bridgehead atoms. The first-order valence-electron chi connectivity index (χ1n) is 7.63. The van der Waals surface area contributed by atoms with E-state index in [1.807, 2.05) is 6.07 Å². The van der Waals surface area contributed by atoms with Crippen molar-refractivity contribution >= 4 is 11.0 Å². The Bertz CT molecular complexity index is 656. The molecule has 118 valence electrons. The molecular formula is C16H21FN4O. The highest BCUT2D eigenvalue weighted by Crippen LogP contribution is 2.22. The fraction of sp³-hybridized carbons (Fsp3) is 0.500. The molecule has 0 amide bonds. The fourth-order valence-electron chi connectivity index (χ4n) is 2.88. The maximum atomic E-state index is 14.2. The predicted molar refractivity (Wildman–Crippen MR) is 83.4 cm³/mol. The van der Waals surface area contributed by atoms with Crippen molar-refractivity contribution in [1.29, 1.82) is 0 Å². The summed E-state index contributed by atoms with van der Waals surface area (Å²) >= 11 is 0. The Labute approximate surface area is 129 Å². The zero-order valence-electron chi connectivity index (χ0n) is 12.8. The Morgan fingerprint density at radius 1 is 1.36 bits per heavy atom. The largest absolute Gasteiger partial charge is 0.481 e.